The van der Waals surface area contributed by atoms with Gasteiger partial charge in [0.05, 0.1) is 5.69 Å². The van der Waals surface area contributed by atoms with Crippen molar-refractivity contribution in [3.05, 3.63) is 29.6 Å². The van der Waals surface area contributed by atoms with Crippen LogP contribution in [-0.4, -0.2) is 5.71 Å². The summed E-state index contributed by atoms with van der Waals surface area (Å²) >= 11 is 0. The van der Waals surface area contributed by atoms with Crippen LogP contribution < -0.4 is 0 Å². The Hall–Kier alpha value is -1.18. The third-order valence-corrected chi connectivity index (χ3v) is 2.83. The fourth-order valence-electron chi connectivity index (χ4n) is 1.64. The zero-order valence-corrected chi connectivity index (χ0v) is 8.06. The topological polar surface area (TPSA) is 12.4 Å². The van der Waals surface area contributed by atoms with Gasteiger partial charge in [-0.15, -0.1) is 0 Å². The minimum atomic E-state index is -0.215. The van der Waals surface area contributed by atoms with Gasteiger partial charge >= 0.3 is 0 Å². The molecule has 2 rings (SSSR count). The fraction of sp³-hybridized carbons (Fsp3) is 0.364. The van der Waals surface area contributed by atoms with E-state index < -0.39 is 0 Å². The molecule has 0 spiro atoms. The normalized spacial score (nSPS) is 18.3. The number of fused-ring (bicyclic) bond motifs is 1. The lowest BCUT2D eigenvalue weighted by Crippen LogP contribution is -2.22. The van der Waals surface area contributed by atoms with Crippen LogP contribution in [0.25, 0.3) is 0 Å². The second-order valence-corrected chi connectivity index (χ2v) is 3.98. The van der Waals surface area contributed by atoms with Crippen LogP contribution in [0.3, 0.4) is 0 Å². The Balaban J connectivity index is 2.65. The van der Waals surface area contributed by atoms with E-state index in [9.17, 15) is 4.39 Å². The van der Waals surface area contributed by atoms with Crippen LogP contribution in [0.4, 0.5) is 10.1 Å². The van der Waals surface area contributed by atoms with Crippen molar-refractivity contribution in [2.24, 2.45) is 4.99 Å². The third kappa shape index (κ3) is 1.09. The number of hydrogen-bond donors (Lipinski definition) is 0. The first-order chi connectivity index (χ1) is 6.01. The summed E-state index contributed by atoms with van der Waals surface area (Å²) < 4.78 is 12.9. The highest BCUT2D eigenvalue weighted by molar-refractivity contribution is 5.99. The van der Waals surface area contributed by atoms with Crippen molar-refractivity contribution >= 4 is 11.4 Å². The van der Waals surface area contributed by atoms with Gasteiger partial charge in [-0.3, -0.25) is 4.99 Å². The summed E-state index contributed by atoms with van der Waals surface area (Å²) in [6.07, 6.45) is 0. The maximum atomic E-state index is 12.9. The van der Waals surface area contributed by atoms with E-state index in [1.807, 2.05) is 13.0 Å². The zero-order valence-electron chi connectivity index (χ0n) is 8.06. The van der Waals surface area contributed by atoms with Crippen LogP contribution in [-0.2, 0) is 5.41 Å². The molecule has 1 aliphatic rings. The molecule has 0 N–H and O–H groups in total. The lowest BCUT2D eigenvalue weighted by Gasteiger charge is -2.19. The van der Waals surface area contributed by atoms with E-state index in [0.29, 0.717) is 0 Å². The van der Waals surface area contributed by atoms with E-state index in [0.717, 1.165) is 17.0 Å². The van der Waals surface area contributed by atoms with Crippen molar-refractivity contribution < 1.29 is 4.39 Å². The molecule has 0 radical (unpaired) electrons. The van der Waals surface area contributed by atoms with Gasteiger partial charge in [0.1, 0.15) is 5.82 Å². The van der Waals surface area contributed by atoms with Gasteiger partial charge in [-0.2, -0.15) is 0 Å². The first kappa shape index (κ1) is 8.42. The lowest BCUT2D eigenvalue weighted by molar-refractivity contribution is 0.626. The molecule has 0 saturated carbocycles. The molecule has 13 heavy (non-hydrogen) atoms. The molecule has 0 aliphatic carbocycles. The van der Waals surface area contributed by atoms with E-state index in [4.69, 9.17) is 0 Å². The predicted molar refractivity (Wildman–Crippen MR) is 52.2 cm³/mol. The summed E-state index contributed by atoms with van der Waals surface area (Å²) in [6.45, 7) is 6.20. The standard InChI is InChI=1S/C11H12FN/c1-7-11(2,3)9-5-4-8(12)6-10(9)13-7/h4-6H,1-3H3. The van der Waals surface area contributed by atoms with Crippen LogP contribution in [0.1, 0.15) is 26.3 Å². The first-order valence-corrected chi connectivity index (χ1v) is 4.37. The van der Waals surface area contributed by atoms with E-state index in [2.05, 4.69) is 18.8 Å². The molecule has 1 nitrogen and oxygen atoms in total. The summed E-state index contributed by atoms with van der Waals surface area (Å²) in [5, 5.41) is 0. The number of hydrogen-bond acceptors (Lipinski definition) is 1. The molecular formula is C11H12FN. The fourth-order valence-corrected chi connectivity index (χ4v) is 1.64. The molecule has 1 aliphatic heterocycles. The Kier molecular flexibility index (Phi) is 1.56. The highest BCUT2D eigenvalue weighted by Crippen LogP contribution is 2.39. The van der Waals surface area contributed by atoms with E-state index in [1.165, 1.54) is 12.1 Å². The number of halogens is 1. The summed E-state index contributed by atoms with van der Waals surface area (Å²) in [5.41, 5.74) is 2.91. The third-order valence-electron chi connectivity index (χ3n) is 2.83. The molecule has 0 aromatic heterocycles. The molecular weight excluding hydrogens is 165 g/mol. The summed E-state index contributed by atoms with van der Waals surface area (Å²) in [5.74, 6) is -0.215. The minimum Gasteiger partial charge on any atom is -0.257 e. The monoisotopic (exact) mass is 177 g/mol. The van der Waals surface area contributed by atoms with Crippen LogP contribution >= 0.6 is 0 Å². The molecule has 0 atom stereocenters. The quantitative estimate of drug-likeness (QED) is 0.577. The molecule has 0 amide bonds. The zero-order chi connectivity index (χ0) is 9.64. The molecule has 1 aromatic rings. The van der Waals surface area contributed by atoms with Gasteiger partial charge in [-0.05, 0) is 24.6 Å². The lowest BCUT2D eigenvalue weighted by atomic mass is 9.82. The van der Waals surface area contributed by atoms with Crippen molar-refractivity contribution in [3.63, 3.8) is 0 Å². The molecule has 0 fully saturated rings. The number of nitrogens with zero attached hydrogens (tertiary/aromatic N) is 1. The van der Waals surface area contributed by atoms with E-state index >= 15 is 0 Å². The van der Waals surface area contributed by atoms with Crippen molar-refractivity contribution in [1.29, 1.82) is 0 Å². The molecule has 68 valence electrons. The van der Waals surface area contributed by atoms with Crippen molar-refractivity contribution in [3.8, 4) is 0 Å². The molecule has 0 saturated heterocycles. The van der Waals surface area contributed by atoms with Crippen LogP contribution in [0.2, 0.25) is 0 Å². The highest BCUT2D eigenvalue weighted by Gasteiger charge is 2.31. The van der Waals surface area contributed by atoms with E-state index in [1.54, 1.807) is 0 Å². The van der Waals surface area contributed by atoms with Gasteiger partial charge in [-0.25, -0.2) is 4.39 Å². The Morgan fingerprint density at radius 1 is 1.31 bits per heavy atom. The Morgan fingerprint density at radius 2 is 2.00 bits per heavy atom. The van der Waals surface area contributed by atoms with Crippen molar-refractivity contribution in [2.45, 2.75) is 26.2 Å². The first-order valence-electron chi connectivity index (χ1n) is 4.37. The molecule has 1 heterocycles. The Bertz CT molecular complexity index is 391. The molecule has 0 bridgehead atoms. The Morgan fingerprint density at radius 3 is 2.69 bits per heavy atom. The minimum absolute atomic E-state index is 0.0387. The number of rotatable bonds is 0. The van der Waals surface area contributed by atoms with Gasteiger partial charge < -0.3 is 0 Å². The maximum Gasteiger partial charge on any atom is 0.125 e. The molecule has 0 unspecified atom stereocenters. The highest BCUT2D eigenvalue weighted by atomic mass is 19.1. The van der Waals surface area contributed by atoms with E-state index in [-0.39, 0.29) is 11.2 Å². The largest absolute Gasteiger partial charge is 0.257 e. The average Bonchev–Trinajstić information content (AvgIpc) is 2.23. The van der Waals surface area contributed by atoms with Crippen LogP contribution in [0, 0.1) is 5.82 Å². The van der Waals surface area contributed by atoms with Crippen LogP contribution in [0.15, 0.2) is 23.2 Å². The van der Waals surface area contributed by atoms with Crippen LogP contribution in [0.5, 0.6) is 0 Å². The summed E-state index contributed by atoms with van der Waals surface area (Å²) in [6, 6.07) is 4.81. The van der Waals surface area contributed by atoms with Gasteiger partial charge in [-0.1, -0.05) is 19.9 Å². The SMILES string of the molecule is CC1=Nc2cc(F)ccc2C1(C)C. The van der Waals surface area contributed by atoms with Gasteiger partial charge in [0, 0.05) is 11.1 Å². The van der Waals surface area contributed by atoms with Crippen molar-refractivity contribution in [2.75, 3.05) is 0 Å². The molecule has 2 heteroatoms. The van der Waals surface area contributed by atoms with Gasteiger partial charge in [0.25, 0.3) is 0 Å². The maximum absolute atomic E-state index is 12.9. The number of benzene rings is 1. The smallest absolute Gasteiger partial charge is 0.125 e. The second kappa shape index (κ2) is 2.41. The Labute approximate surface area is 77.3 Å². The predicted octanol–water partition coefficient (Wildman–Crippen LogP) is 3.21. The van der Waals surface area contributed by atoms with Crippen molar-refractivity contribution in [1.82, 2.24) is 0 Å². The number of aliphatic imine (C=N–C) groups is 1. The summed E-state index contributed by atoms with van der Waals surface area (Å²) in [7, 11) is 0. The van der Waals surface area contributed by atoms with Gasteiger partial charge in [0.2, 0.25) is 0 Å². The second-order valence-electron chi connectivity index (χ2n) is 3.98. The summed E-state index contributed by atoms with van der Waals surface area (Å²) in [4.78, 5) is 4.34. The average molecular weight is 177 g/mol. The molecule has 1 aromatic carbocycles. The van der Waals surface area contributed by atoms with Gasteiger partial charge in [0.15, 0.2) is 0 Å².